The number of carboxylic acids is 1. The number of aryl methyl sites for hydroxylation is 4. The smallest absolute Gasteiger partial charge is 0.305 e. The van der Waals surface area contributed by atoms with Crippen molar-refractivity contribution in [1.82, 2.24) is 73.4 Å². The molecule has 0 unspecified atom stereocenters. The summed E-state index contributed by atoms with van der Waals surface area (Å²) in [5.74, 6) is -14.7. The summed E-state index contributed by atoms with van der Waals surface area (Å²) in [5.41, 5.74) is 13.9. The summed E-state index contributed by atoms with van der Waals surface area (Å²) in [4.78, 5) is 166. The number of Topliss-reactive ketones (excluding diaryl/α,β-unsaturated/α-hetero) is 2. The maximum Gasteiger partial charge on any atom is 0.305 e. The van der Waals surface area contributed by atoms with Gasteiger partial charge in [-0.15, -0.1) is 10.2 Å². The lowest BCUT2D eigenvalue weighted by Gasteiger charge is -2.34. The third-order valence-corrected chi connectivity index (χ3v) is 18.3. The molecule has 0 radical (unpaired) electrons. The number of H-pyrrole nitrogens is 2. The molecule has 9 amide bonds. The first-order valence-electron chi connectivity index (χ1n) is 35.7. The van der Waals surface area contributed by atoms with Crippen LogP contribution in [0.1, 0.15) is 125 Å². The number of aromatic amines is 2. The van der Waals surface area contributed by atoms with Crippen molar-refractivity contribution in [2.75, 3.05) is 26.3 Å². The summed E-state index contributed by atoms with van der Waals surface area (Å²) in [6, 6.07) is 14.2. The number of ketones is 2. The van der Waals surface area contributed by atoms with E-state index in [1.54, 1.807) is 30.3 Å². The molecule has 2 heterocycles. The van der Waals surface area contributed by atoms with Gasteiger partial charge in [0.05, 0.1) is 49.7 Å². The number of hydrogen-bond acceptors (Lipinski definition) is 21. The molecular formula is C75H99FN16O17. The Morgan fingerprint density at radius 1 is 0.670 bits per heavy atom. The number of carbonyl (C=O) groups excluding carboxylic acids is 11. The molecule has 588 valence electrons. The lowest BCUT2D eigenvalue weighted by atomic mass is 9.77. The van der Waals surface area contributed by atoms with Gasteiger partial charge in [-0.3, -0.25) is 62.6 Å². The Morgan fingerprint density at radius 2 is 1.31 bits per heavy atom. The number of nitrogens with two attached hydrogens (primary N) is 2. The van der Waals surface area contributed by atoms with E-state index in [-0.39, 0.29) is 37.1 Å². The van der Waals surface area contributed by atoms with Crippen molar-refractivity contribution in [3.63, 3.8) is 0 Å². The maximum atomic E-state index is 15.5. The minimum Gasteiger partial charge on any atom is -0.494 e. The molecule has 0 aliphatic rings. The largest absolute Gasteiger partial charge is 0.494 e. The standard InChI is InChI=1S/C75H99FN16O17/c1-9-47-33-52(109-28-13-12-26-77)23-24-53(47)48-21-19-45(20-22-48)32-56(68(103)81-55(66(78)101)18-14-15-46-30-41(2)29-42(3)31-46)82-69(104)57(37-63(99)100)83-70(105)58(40-93)84-71(106)64(43(4)94)86-73(108)75(8,38-49-16-10-11-17-54(49)76)87-72(107)65(44(5)95)85-62(98)39-79-67(102)50(35-61-89-91-92-90-61)34-59(96)74(6,7)60(97)36-51-25-27-80-88-51/h10-11,16-17,19-25,27,29-31,33,43-44,50,55-58,64-65,93-95H,9,12-15,18,26,28,32,34-40,77H2,1-8H3,(H2,78,101)(H,79,102)(H,80,88)(H,81,103)(H,82,104)(H,83,105)(H,84,106)(H,85,98)(H,86,108)(H,87,107)(H,99,100)(H,89,90,91,92)/t43-,44-,50+,55+,56+,57+,58+,64+,65+,75+/m1/s1. The van der Waals surface area contributed by atoms with Crippen LogP contribution in [-0.2, 0) is 96.1 Å². The molecule has 0 spiro atoms. The van der Waals surface area contributed by atoms with E-state index in [1.807, 2.05) is 57.2 Å². The van der Waals surface area contributed by atoms with Gasteiger partial charge < -0.3 is 79.2 Å². The molecule has 0 bridgehead atoms. The Bertz CT molecular complexity index is 4120. The molecule has 34 heteroatoms. The van der Waals surface area contributed by atoms with Gasteiger partial charge in [0.15, 0.2) is 11.6 Å². The highest BCUT2D eigenvalue weighted by Gasteiger charge is 2.43. The topological polar surface area (TPSA) is 526 Å². The van der Waals surface area contributed by atoms with E-state index in [9.17, 15) is 78.0 Å². The minimum absolute atomic E-state index is 0.00184. The van der Waals surface area contributed by atoms with Crippen LogP contribution in [0.15, 0.2) is 97.2 Å². The van der Waals surface area contributed by atoms with E-state index in [1.165, 1.54) is 38.2 Å². The molecule has 18 N–H and O–H groups in total. The molecule has 0 aliphatic carbocycles. The second kappa shape index (κ2) is 41.2. The van der Waals surface area contributed by atoms with Gasteiger partial charge in [0, 0.05) is 44.0 Å². The van der Waals surface area contributed by atoms with Crippen molar-refractivity contribution in [3.05, 3.63) is 148 Å². The van der Waals surface area contributed by atoms with Gasteiger partial charge in [0.25, 0.3) is 0 Å². The van der Waals surface area contributed by atoms with Crippen LogP contribution in [0.2, 0.25) is 0 Å². The van der Waals surface area contributed by atoms with Crippen LogP contribution in [-0.4, -0.2) is 202 Å². The summed E-state index contributed by atoms with van der Waals surface area (Å²) in [5, 5.41) is 81.3. The van der Waals surface area contributed by atoms with E-state index in [4.69, 9.17) is 16.2 Å². The molecule has 6 rings (SSSR count). The Morgan fingerprint density at radius 3 is 1.92 bits per heavy atom. The lowest BCUT2D eigenvalue weighted by Crippen LogP contribution is -2.67. The molecule has 109 heavy (non-hydrogen) atoms. The van der Waals surface area contributed by atoms with Gasteiger partial charge in [0.1, 0.15) is 59.1 Å². The predicted molar refractivity (Wildman–Crippen MR) is 393 cm³/mol. The average molecular weight is 1520 g/mol. The van der Waals surface area contributed by atoms with Gasteiger partial charge in [-0.2, -0.15) is 10.3 Å². The fourth-order valence-corrected chi connectivity index (χ4v) is 12.0. The monoisotopic (exact) mass is 1510 g/mol. The number of halogens is 1. The third kappa shape index (κ3) is 26.3. The number of tetrazole rings is 1. The fourth-order valence-electron chi connectivity index (χ4n) is 12.0. The van der Waals surface area contributed by atoms with Crippen LogP contribution < -0.4 is 58.7 Å². The van der Waals surface area contributed by atoms with E-state index in [2.05, 4.69) is 73.4 Å². The summed E-state index contributed by atoms with van der Waals surface area (Å²) < 4.78 is 21.5. The first kappa shape index (κ1) is 86.7. The molecular weight excluding hydrogens is 1420 g/mol. The van der Waals surface area contributed by atoms with Crippen molar-refractivity contribution in [1.29, 1.82) is 0 Å². The zero-order chi connectivity index (χ0) is 80.3. The van der Waals surface area contributed by atoms with Gasteiger partial charge >= 0.3 is 5.97 Å². The van der Waals surface area contributed by atoms with Gasteiger partial charge in [0.2, 0.25) is 53.2 Å². The number of primary amides is 1. The van der Waals surface area contributed by atoms with Crippen LogP contribution in [0.3, 0.4) is 0 Å². The van der Waals surface area contributed by atoms with E-state index < -0.39 is 174 Å². The minimum atomic E-state index is -2.39. The van der Waals surface area contributed by atoms with Crippen LogP contribution >= 0.6 is 0 Å². The van der Waals surface area contributed by atoms with Crippen LogP contribution in [0.5, 0.6) is 5.75 Å². The van der Waals surface area contributed by atoms with Crippen molar-refractivity contribution >= 4 is 70.7 Å². The number of aliphatic carboxylic acids is 1. The quantitative estimate of drug-likeness (QED) is 0.0178. The number of aliphatic hydroxyl groups excluding tert-OH is 3. The van der Waals surface area contributed by atoms with Gasteiger partial charge in [-0.05, 0) is 151 Å². The second-order valence-corrected chi connectivity index (χ2v) is 27.7. The van der Waals surface area contributed by atoms with E-state index in [0.717, 1.165) is 73.1 Å². The third-order valence-electron chi connectivity index (χ3n) is 18.3. The molecule has 0 fully saturated rings. The molecule has 0 saturated carbocycles. The molecule has 10 atom stereocenters. The number of nitrogens with one attached hydrogen (secondary N) is 10. The number of unbranched alkanes of at least 4 members (excludes halogenated alkanes) is 1. The molecule has 0 aliphatic heterocycles. The number of rotatable bonds is 45. The van der Waals surface area contributed by atoms with E-state index in [0.29, 0.717) is 49.4 Å². The number of aliphatic hydroxyl groups is 3. The second-order valence-electron chi connectivity index (χ2n) is 27.7. The first-order chi connectivity index (χ1) is 51.6. The molecule has 4 aromatic carbocycles. The van der Waals surface area contributed by atoms with Gasteiger partial charge in [-0.25, -0.2) is 4.39 Å². The SMILES string of the molecule is CCc1cc(OCCCCN)ccc1-c1ccc(C[C@H](NC(=O)[C@H](CC(=O)O)NC(=O)[C@H](CO)NC(=O)[C@@H](NC(=O)[C@](C)(Cc2ccccc2F)NC(=O)[C@@H](NC(=O)CNC(=O)[C@@H](CC(=O)C(C)(C)C(=O)Cc2ccn[nH]2)Cc2nn[nH]n2)[C@@H](C)O)[C@@H](C)O)C(=O)N[C@@H](CCCc2cc(C)cc(C)c2)C(N)=O)cc1. The zero-order valence-corrected chi connectivity index (χ0v) is 62.2. The number of ether oxygens (including phenoxy) is 1. The van der Waals surface area contributed by atoms with Crippen molar-refractivity contribution in [2.45, 2.75) is 186 Å². The number of aromatic nitrogens is 6. The number of carboxylic acid groups (broad SMARTS) is 1. The van der Waals surface area contributed by atoms with Crippen LogP contribution in [0.25, 0.3) is 11.1 Å². The Hall–Kier alpha value is -11.2. The Labute approximate surface area is 629 Å². The van der Waals surface area contributed by atoms with Crippen molar-refractivity contribution in [2.24, 2.45) is 22.8 Å². The summed E-state index contributed by atoms with van der Waals surface area (Å²) in [6.45, 7) is 10.7. The fraction of sp³-hybridized carbons (Fsp3) is 0.467. The molecule has 2 aromatic heterocycles. The van der Waals surface area contributed by atoms with E-state index >= 15 is 4.39 Å². The highest BCUT2D eigenvalue weighted by Crippen LogP contribution is 2.30. The molecule has 0 saturated heterocycles. The summed E-state index contributed by atoms with van der Waals surface area (Å²) >= 11 is 0. The van der Waals surface area contributed by atoms with Gasteiger partial charge in [-0.1, -0.05) is 90.0 Å². The number of benzene rings is 4. The van der Waals surface area contributed by atoms with Crippen LogP contribution in [0, 0.1) is 31.0 Å². The lowest BCUT2D eigenvalue weighted by molar-refractivity contribution is -0.142. The number of amides is 9. The highest BCUT2D eigenvalue weighted by atomic mass is 19.1. The summed E-state index contributed by atoms with van der Waals surface area (Å²) in [6.07, 6.45) is -2.13. The highest BCUT2D eigenvalue weighted by molar-refractivity contribution is 6.08. The maximum absolute atomic E-state index is 15.5. The number of hydrogen-bond donors (Lipinski definition) is 16. The Balaban J connectivity index is 1.18. The first-order valence-corrected chi connectivity index (χ1v) is 35.7. The normalized spacial score (nSPS) is 14.4. The van der Waals surface area contributed by atoms with Crippen LogP contribution in [0.4, 0.5) is 4.39 Å². The predicted octanol–water partition coefficient (Wildman–Crippen LogP) is 0.104. The number of carbonyl (C=O) groups is 12. The number of nitrogens with zero attached hydrogens (tertiary/aromatic N) is 4. The molecule has 6 aromatic rings. The summed E-state index contributed by atoms with van der Waals surface area (Å²) in [7, 11) is 0. The molecule has 33 nitrogen and oxygen atoms in total. The zero-order valence-electron chi connectivity index (χ0n) is 62.2. The Kier molecular flexibility index (Phi) is 32.8. The van der Waals surface area contributed by atoms with Crippen molar-refractivity contribution < 1.29 is 87.1 Å². The van der Waals surface area contributed by atoms with Crippen molar-refractivity contribution in [3.8, 4) is 16.9 Å². The average Bonchev–Trinajstić information content (AvgIpc) is 1.71.